The number of carbonyl (C=O) groups excluding carboxylic acids is 2. The van der Waals surface area contributed by atoms with E-state index in [1.807, 2.05) is 26.8 Å². The Hall–Kier alpha value is -1.55. The Bertz CT molecular complexity index is 563. The second-order valence-electron chi connectivity index (χ2n) is 5.47. The first kappa shape index (κ1) is 15.8. The van der Waals surface area contributed by atoms with E-state index in [9.17, 15) is 9.59 Å². The molecule has 1 saturated carbocycles. The predicted molar refractivity (Wildman–Crippen MR) is 84.4 cm³/mol. The molecule has 2 amide bonds. The van der Waals surface area contributed by atoms with Gasteiger partial charge >= 0.3 is 0 Å². The standard InChI is InChI=1S/C16H21ClN2O2/c1-4-19(5-2)15(21)16(8-9-16)14(20)18-13-10-12(17)7-6-11(13)3/h6-7,10H,4-5,8-9H2,1-3H3,(H,18,20). The van der Waals surface area contributed by atoms with E-state index in [-0.39, 0.29) is 11.8 Å². The van der Waals surface area contributed by atoms with Gasteiger partial charge in [-0.1, -0.05) is 17.7 Å². The third-order valence-electron chi connectivity index (χ3n) is 4.09. The quantitative estimate of drug-likeness (QED) is 0.849. The fraction of sp³-hybridized carbons (Fsp3) is 0.500. The van der Waals surface area contributed by atoms with Gasteiger partial charge in [-0.3, -0.25) is 9.59 Å². The molecule has 0 atom stereocenters. The molecule has 1 aliphatic carbocycles. The molecule has 2 rings (SSSR count). The number of nitrogens with one attached hydrogen (secondary N) is 1. The highest BCUT2D eigenvalue weighted by atomic mass is 35.5. The van der Waals surface area contributed by atoms with Gasteiger partial charge in [-0.05, 0) is 51.3 Å². The number of hydrogen-bond acceptors (Lipinski definition) is 2. The van der Waals surface area contributed by atoms with Gasteiger partial charge in [0.1, 0.15) is 5.41 Å². The van der Waals surface area contributed by atoms with E-state index in [1.165, 1.54) is 0 Å². The van der Waals surface area contributed by atoms with Gasteiger partial charge in [-0.15, -0.1) is 0 Å². The van der Waals surface area contributed by atoms with Crippen LogP contribution in [0.1, 0.15) is 32.3 Å². The van der Waals surface area contributed by atoms with Crippen molar-refractivity contribution in [3.05, 3.63) is 28.8 Å². The Kier molecular flexibility index (Phi) is 4.57. The van der Waals surface area contributed by atoms with Gasteiger partial charge in [0, 0.05) is 23.8 Å². The zero-order valence-corrected chi connectivity index (χ0v) is 13.5. The van der Waals surface area contributed by atoms with Gasteiger partial charge in [-0.25, -0.2) is 0 Å². The molecule has 1 aromatic carbocycles. The number of nitrogens with zero attached hydrogens (tertiary/aromatic N) is 1. The summed E-state index contributed by atoms with van der Waals surface area (Å²) in [5.74, 6) is -0.283. The van der Waals surface area contributed by atoms with Crippen molar-refractivity contribution in [3.63, 3.8) is 0 Å². The van der Waals surface area contributed by atoms with Crippen molar-refractivity contribution in [1.29, 1.82) is 0 Å². The van der Waals surface area contributed by atoms with Crippen LogP contribution in [0.15, 0.2) is 18.2 Å². The number of amides is 2. The first-order valence-electron chi connectivity index (χ1n) is 7.31. The van der Waals surface area contributed by atoms with Crippen molar-refractivity contribution in [1.82, 2.24) is 4.90 Å². The highest BCUT2D eigenvalue weighted by Crippen LogP contribution is 2.48. The third-order valence-corrected chi connectivity index (χ3v) is 4.33. The van der Waals surface area contributed by atoms with Crippen LogP contribution in [0.3, 0.4) is 0 Å². The number of halogens is 1. The molecule has 1 aliphatic rings. The summed E-state index contributed by atoms with van der Waals surface area (Å²) in [4.78, 5) is 26.8. The molecule has 1 aromatic rings. The number of anilines is 1. The lowest BCUT2D eigenvalue weighted by atomic mass is 10.0. The van der Waals surface area contributed by atoms with E-state index in [1.54, 1.807) is 17.0 Å². The number of carbonyl (C=O) groups is 2. The predicted octanol–water partition coefficient (Wildman–Crippen LogP) is 3.24. The van der Waals surface area contributed by atoms with Crippen LogP contribution in [0.5, 0.6) is 0 Å². The number of hydrogen-bond donors (Lipinski definition) is 1. The maximum absolute atomic E-state index is 12.5. The first-order valence-corrected chi connectivity index (χ1v) is 7.69. The number of benzene rings is 1. The van der Waals surface area contributed by atoms with Gasteiger partial charge < -0.3 is 10.2 Å². The minimum atomic E-state index is -0.874. The molecular weight excluding hydrogens is 288 g/mol. The second-order valence-corrected chi connectivity index (χ2v) is 5.91. The lowest BCUT2D eigenvalue weighted by Gasteiger charge is -2.24. The van der Waals surface area contributed by atoms with Gasteiger partial charge in [0.2, 0.25) is 11.8 Å². The van der Waals surface area contributed by atoms with Gasteiger partial charge in [0.25, 0.3) is 0 Å². The monoisotopic (exact) mass is 308 g/mol. The lowest BCUT2D eigenvalue weighted by Crippen LogP contribution is -2.42. The molecule has 0 radical (unpaired) electrons. The Labute approximate surface area is 130 Å². The van der Waals surface area contributed by atoms with E-state index in [2.05, 4.69) is 5.32 Å². The van der Waals surface area contributed by atoms with Crippen molar-refractivity contribution >= 4 is 29.1 Å². The van der Waals surface area contributed by atoms with E-state index < -0.39 is 5.41 Å². The summed E-state index contributed by atoms with van der Waals surface area (Å²) in [5, 5.41) is 3.43. The molecule has 1 fully saturated rings. The smallest absolute Gasteiger partial charge is 0.240 e. The Morgan fingerprint density at radius 1 is 1.29 bits per heavy atom. The van der Waals surface area contributed by atoms with Crippen LogP contribution >= 0.6 is 11.6 Å². The van der Waals surface area contributed by atoms with Gasteiger partial charge in [-0.2, -0.15) is 0 Å². The molecule has 0 bridgehead atoms. The summed E-state index contributed by atoms with van der Waals surface area (Å²) >= 11 is 5.96. The van der Waals surface area contributed by atoms with Gasteiger partial charge in [0.05, 0.1) is 0 Å². The van der Waals surface area contributed by atoms with Crippen LogP contribution in [0.4, 0.5) is 5.69 Å². The van der Waals surface area contributed by atoms with E-state index in [0.717, 1.165) is 5.56 Å². The largest absolute Gasteiger partial charge is 0.342 e. The summed E-state index contributed by atoms with van der Waals surface area (Å²) in [7, 11) is 0. The molecular formula is C16H21ClN2O2. The second kappa shape index (κ2) is 6.06. The Morgan fingerprint density at radius 3 is 2.43 bits per heavy atom. The Morgan fingerprint density at radius 2 is 1.90 bits per heavy atom. The minimum absolute atomic E-state index is 0.0651. The third kappa shape index (κ3) is 3.05. The molecule has 21 heavy (non-hydrogen) atoms. The highest BCUT2D eigenvalue weighted by molar-refractivity contribution is 6.31. The molecule has 5 heteroatoms. The molecule has 0 unspecified atom stereocenters. The van der Waals surface area contributed by atoms with Crippen LogP contribution in [0.2, 0.25) is 5.02 Å². The average molecular weight is 309 g/mol. The normalized spacial score (nSPS) is 15.4. The molecule has 0 saturated heterocycles. The van der Waals surface area contributed by atoms with Crippen molar-refractivity contribution in [2.24, 2.45) is 5.41 Å². The molecule has 1 N–H and O–H groups in total. The van der Waals surface area contributed by atoms with Crippen molar-refractivity contribution in [2.45, 2.75) is 33.6 Å². The topological polar surface area (TPSA) is 49.4 Å². The first-order chi connectivity index (χ1) is 9.94. The van der Waals surface area contributed by atoms with E-state index >= 15 is 0 Å². The van der Waals surface area contributed by atoms with E-state index in [0.29, 0.717) is 36.6 Å². The molecule has 114 valence electrons. The lowest BCUT2D eigenvalue weighted by molar-refractivity contribution is -0.141. The van der Waals surface area contributed by atoms with Crippen LogP contribution < -0.4 is 5.32 Å². The molecule has 0 spiro atoms. The fourth-order valence-electron chi connectivity index (χ4n) is 2.45. The molecule has 0 aromatic heterocycles. The number of rotatable bonds is 5. The van der Waals surface area contributed by atoms with Crippen LogP contribution in [-0.4, -0.2) is 29.8 Å². The molecule has 4 nitrogen and oxygen atoms in total. The molecule has 0 heterocycles. The fourth-order valence-corrected chi connectivity index (χ4v) is 2.62. The summed E-state index contributed by atoms with van der Waals surface area (Å²) < 4.78 is 0. The zero-order chi connectivity index (χ0) is 15.6. The number of aryl methyl sites for hydroxylation is 1. The van der Waals surface area contributed by atoms with Crippen LogP contribution in [0.25, 0.3) is 0 Å². The average Bonchev–Trinajstić information content (AvgIpc) is 3.25. The summed E-state index contributed by atoms with van der Waals surface area (Å²) in [6, 6.07) is 5.34. The van der Waals surface area contributed by atoms with Gasteiger partial charge in [0.15, 0.2) is 0 Å². The SMILES string of the molecule is CCN(CC)C(=O)C1(C(=O)Nc2cc(Cl)ccc2C)CC1. The maximum atomic E-state index is 12.5. The summed E-state index contributed by atoms with van der Waals surface area (Å²) in [6.45, 7) is 7.01. The zero-order valence-electron chi connectivity index (χ0n) is 12.7. The maximum Gasteiger partial charge on any atom is 0.240 e. The van der Waals surface area contributed by atoms with Crippen LogP contribution in [-0.2, 0) is 9.59 Å². The Balaban J connectivity index is 2.16. The van der Waals surface area contributed by atoms with E-state index in [4.69, 9.17) is 11.6 Å². The summed E-state index contributed by atoms with van der Waals surface area (Å²) in [6.07, 6.45) is 1.24. The van der Waals surface area contributed by atoms with Crippen molar-refractivity contribution < 1.29 is 9.59 Å². The highest BCUT2D eigenvalue weighted by Gasteiger charge is 2.57. The van der Waals surface area contributed by atoms with Crippen LogP contribution in [0, 0.1) is 12.3 Å². The summed E-state index contributed by atoms with van der Waals surface area (Å²) in [5.41, 5.74) is 0.728. The molecule has 0 aliphatic heterocycles. The van der Waals surface area contributed by atoms with Crippen molar-refractivity contribution in [2.75, 3.05) is 18.4 Å². The van der Waals surface area contributed by atoms with Crippen molar-refractivity contribution in [3.8, 4) is 0 Å². The minimum Gasteiger partial charge on any atom is -0.342 e.